The predicted octanol–water partition coefficient (Wildman–Crippen LogP) is -3.54. The molecule has 0 aromatic carbocycles. The van der Waals surface area contributed by atoms with Crippen molar-refractivity contribution in [3.05, 3.63) is 0 Å². The van der Waals surface area contributed by atoms with Crippen molar-refractivity contribution in [3.63, 3.8) is 0 Å². The van der Waals surface area contributed by atoms with Crippen molar-refractivity contribution in [2.24, 2.45) is 0 Å². The highest BCUT2D eigenvalue weighted by atomic mass is 31.2. The van der Waals surface area contributed by atoms with E-state index in [2.05, 4.69) is 22.8 Å². The second kappa shape index (κ2) is 11.4. The molecule has 1 saturated carbocycles. The molecule has 32 heavy (non-hydrogen) atoms. The number of ether oxygens (including phenoxy) is 1. The summed E-state index contributed by atoms with van der Waals surface area (Å²) in [6, 6.07) is 0. The van der Waals surface area contributed by atoms with E-state index in [9.17, 15) is 38.7 Å². The maximum atomic E-state index is 12.1. The Labute approximate surface area is 179 Å². The van der Waals surface area contributed by atoms with Crippen LogP contribution in [0.25, 0.3) is 0 Å². The van der Waals surface area contributed by atoms with Crippen molar-refractivity contribution >= 4 is 29.4 Å². The fraction of sp³-hybridized carbons (Fsp3) is 0.909. The quantitative estimate of drug-likeness (QED) is 0.0912. The van der Waals surface area contributed by atoms with E-state index in [0.29, 0.717) is 0 Å². The number of rotatable bonds is 11. The van der Waals surface area contributed by atoms with E-state index in [1.165, 1.54) is 0 Å². The summed E-state index contributed by atoms with van der Waals surface area (Å²) in [6.07, 6.45) is -16.1. The average Bonchev–Trinajstić information content (AvgIpc) is 2.61. The molecule has 0 amide bonds. The van der Waals surface area contributed by atoms with Gasteiger partial charge in [-0.3, -0.25) is 22.9 Å². The molecule has 0 bridgehead atoms. The molecule has 21 heteroatoms. The summed E-state index contributed by atoms with van der Waals surface area (Å²) in [5.74, 6) is -0.879. The van der Waals surface area contributed by atoms with Gasteiger partial charge in [-0.05, 0) is 0 Å². The number of esters is 1. The zero-order chi connectivity index (χ0) is 25.1. The number of phosphoric ester groups is 3. The molecule has 8 atom stereocenters. The first-order valence-electron chi connectivity index (χ1n) is 8.33. The lowest BCUT2D eigenvalue weighted by Gasteiger charge is -2.44. The fourth-order valence-electron chi connectivity index (χ4n) is 2.57. The van der Waals surface area contributed by atoms with Crippen LogP contribution in [0.5, 0.6) is 0 Å². The lowest BCUT2D eigenvalue weighted by Crippen LogP contribution is -2.65. The molecular weight excluding hydrogens is 513 g/mol. The summed E-state index contributed by atoms with van der Waals surface area (Å²) in [5, 5.41) is 39.4. The second-order valence-electron chi connectivity index (χ2n) is 6.34. The monoisotopic (exact) mass is 536 g/mol. The van der Waals surface area contributed by atoms with E-state index in [0.717, 1.165) is 6.92 Å². The minimum Gasteiger partial charge on any atom is -0.458 e. The van der Waals surface area contributed by atoms with Gasteiger partial charge in [-0.25, -0.2) is 13.7 Å². The largest absolute Gasteiger partial charge is 0.472 e. The van der Waals surface area contributed by atoms with Gasteiger partial charge in [0.2, 0.25) is 0 Å². The van der Waals surface area contributed by atoms with Crippen molar-refractivity contribution in [3.8, 4) is 0 Å². The molecule has 0 radical (unpaired) electrons. The SMILES string of the molecule is CC(=O)O[C@H](CO)COP(=O)(O)O[C@@H]1[C@H](O)[C@H](O)[C@@H](OP(=O)(O)O)[C@H](OP(=O)(O)O)[C@H]1O. The highest BCUT2D eigenvalue weighted by molar-refractivity contribution is 7.47. The smallest absolute Gasteiger partial charge is 0.458 e. The van der Waals surface area contributed by atoms with Gasteiger partial charge in [-0.2, -0.15) is 0 Å². The molecular formula is C11H23O18P3. The molecule has 0 aliphatic heterocycles. The summed E-state index contributed by atoms with van der Waals surface area (Å²) >= 11 is 0. The van der Waals surface area contributed by atoms with Crippen molar-refractivity contribution in [2.45, 2.75) is 49.7 Å². The molecule has 9 N–H and O–H groups in total. The molecule has 1 aliphatic rings. The van der Waals surface area contributed by atoms with E-state index in [4.69, 9.17) is 24.7 Å². The van der Waals surface area contributed by atoms with Gasteiger partial charge in [0.15, 0.2) is 0 Å². The first kappa shape index (κ1) is 29.7. The second-order valence-corrected chi connectivity index (χ2v) is 10.1. The number of carbonyl (C=O) groups is 1. The topological polar surface area (TPSA) is 296 Å². The molecule has 0 spiro atoms. The minimum absolute atomic E-state index is 0.841. The van der Waals surface area contributed by atoms with Gasteiger partial charge >= 0.3 is 29.4 Å². The summed E-state index contributed by atoms with van der Waals surface area (Å²) in [4.78, 5) is 56.4. The average molecular weight is 536 g/mol. The molecule has 0 heterocycles. The van der Waals surface area contributed by atoms with Crippen LogP contribution >= 0.6 is 23.5 Å². The lowest BCUT2D eigenvalue weighted by molar-refractivity contribution is -0.213. The van der Waals surface area contributed by atoms with Crippen LogP contribution in [0.2, 0.25) is 0 Å². The van der Waals surface area contributed by atoms with Crippen LogP contribution < -0.4 is 0 Å². The molecule has 18 nitrogen and oxygen atoms in total. The van der Waals surface area contributed by atoms with Crippen molar-refractivity contribution in [1.82, 2.24) is 0 Å². The summed E-state index contributed by atoms with van der Waals surface area (Å²) in [6.45, 7) is -0.796. The first-order chi connectivity index (χ1) is 14.4. The molecule has 0 saturated heterocycles. The standard InChI is InChI=1S/C11H23O18P3/c1-4(13)26-5(2-12)3-25-32(23,24)29-9-6(14)7(15)10(27-30(17,18)19)11(8(9)16)28-31(20,21)22/h5-12,14-16H,2-3H2,1H3,(H,23,24)(H2,17,18,19)(H2,20,21,22)/t5-,6-,7+,8+,9-,10-,11-/m1/s1. The number of aliphatic hydroxyl groups excluding tert-OH is 4. The molecule has 1 fully saturated rings. The van der Waals surface area contributed by atoms with Crippen LogP contribution in [0.15, 0.2) is 0 Å². The molecule has 190 valence electrons. The number of hydrogen-bond acceptors (Lipinski definition) is 13. The first-order valence-corrected chi connectivity index (χ1v) is 12.9. The van der Waals surface area contributed by atoms with E-state index in [1.807, 2.05) is 0 Å². The molecule has 1 aliphatic carbocycles. The van der Waals surface area contributed by atoms with Crippen LogP contribution in [0, 0.1) is 0 Å². The van der Waals surface area contributed by atoms with Gasteiger partial charge in [0.1, 0.15) is 42.7 Å². The summed E-state index contributed by atoms with van der Waals surface area (Å²) < 4.78 is 56.2. The Bertz CT molecular complexity index is 776. The molecule has 0 aromatic rings. The summed E-state index contributed by atoms with van der Waals surface area (Å²) in [5.41, 5.74) is 0. The van der Waals surface area contributed by atoms with Crippen molar-refractivity contribution < 1.29 is 86.2 Å². The third kappa shape index (κ3) is 9.48. The third-order valence-corrected chi connectivity index (χ3v) is 5.77. The predicted molar refractivity (Wildman–Crippen MR) is 95.1 cm³/mol. The van der Waals surface area contributed by atoms with Gasteiger partial charge < -0.3 is 49.6 Å². The van der Waals surface area contributed by atoms with Gasteiger partial charge in [0.25, 0.3) is 0 Å². The zero-order valence-electron chi connectivity index (χ0n) is 16.0. The maximum absolute atomic E-state index is 12.1. The van der Waals surface area contributed by atoms with Crippen LogP contribution in [-0.2, 0) is 41.3 Å². The highest BCUT2D eigenvalue weighted by Crippen LogP contribution is 2.51. The maximum Gasteiger partial charge on any atom is 0.472 e. The van der Waals surface area contributed by atoms with Gasteiger partial charge in [-0.1, -0.05) is 0 Å². The van der Waals surface area contributed by atoms with Crippen molar-refractivity contribution in [2.75, 3.05) is 13.2 Å². The molecule has 0 aromatic heterocycles. The zero-order valence-corrected chi connectivity index (χ0v) is 18.7. The van der Waals surface area contributed by atoms with E-state index >= 15 is 0 Å². The summed E-state index contributed by atoms with van der Waals surface area (Å²) in [7, 11) is -16.3. The van der Waals surface area contributed by atoms with Crippen LogP contribution in [0.1, 0.15) is 6.92 Å². The number of carbonyl (C=O) groups excluding carboxylic acids is 1. The minimum atomic E-state index is -5.52. The van der Waals surface area contributed by atoms with Gasteiger partial charge in [0.05, 0.1) is 13.2 Å². The van der Waals surface area contributed by atoms with Crippen LogP contribution in [0.3, 0.4) is 0 Å². The van der Waals surface area contributed by atoms with E-state index in [-0.39, 0.29) is 0 Å². The molecule has 1 unspecified atom stereocenters. The highest BCUT2D eigenvalue weighted by Gasteiger charge is 2.56. The van der Waals surface area contributed by atoms with Crippen LogP contribution in [-0.4, -0.2) is 107 Å². The fourth-order valence-corrected chi connectivity index (χ4v) is 4.67. The number of hydrogen-bond donors (Lipinski definition) is 9. The Morgan fingerprint density at radius 1 is 0.812 bits per heavy atom. The van der Waals surface area contributed by atoms with Crippen molar-refractivity contribution in [1.29, 1.82) is 0 Å². The Morgan fingerprint density at radius 3 is 1.66 bits per heavy atom. The van der Waals surface area contributed by atoms with E-state index in [1.54, 1.807) is 0 Å². The number of aliphatic hydroxyl groups is 4. The van der Waals surface area contributed by atoms with Gasteiger partial charge in [-0.15, -0.1) is 0 Å². The third-order valence-electron chi connectivity index (χ3n) is 3.75. The lowest BCUT2D eigenvalue weighted by atomic mass is 9.85. The van der Waals surface area contributed by atoms with E-state index < -0.39 is 85.4 Å². The van der Waals surface area contributed by atoms with Gasteiger partial charge in [0, 0.05) is 6.92 Å². The van der Waals surface area contributed by atoms with Crippen LogP contribution in [0.4, 0.5) is 0 Å². The Hall–Kier alpha value is -0.360. The Kier molecular flexibility index (Phi) is 10.5. The number of phosphoric acid groups is 3. The Morgan fingerprint density at radius 2 is 1.25 bits per heavy atom. The Balaban J connectivity index is 3.09. The normalized spacial score (nSPS) is 32.2. The molecule has 1 rings (SSSR count).